The summed E-state index contributed by atoms with van der Waals surface area (Å²) in [7, 11) is -3.88. The molecule has 1 aromatic heterocycles. The fourth-order valence-corrected chi connectivity index (χ4v) is 5.86. The van der Waals surface area contributed by atoms with Gasteiger partial charge < -0.3 is 4.74 Å². The summed E-state index contributed by atoms with van der Waals surface area (Å²) >= 11 is 0. The summed E-state index contributed by atoms with van der Waals surface area (Å²) in [6.45, 7) is 8.76. The van der Waals surface area contributed by atoms with Crippen molar-refractivity contribution in [2.75, 3.05) is 39.4 Å². The number of hydrogen-bond acceptors (Lipinski definition) is 5. The van der Waals surface area contributed by atoms with E-state index in [9.17, 15) is 21.6 Å². The highest BCUT2D eigenvalue weighted by atomic mass is 32.2. The molecule has 0 saturated carbocycles. The molecule has 0 N–H and O–H groups in total. The highest BCUT2D eigenvalue weighted by Gasteiger charge is 2.38. The molecule has 158 valence electrons. The van der Waals surface area contributed by atoms with Gasteiger partial charge in [0.15, 0.2) is 0 Å². The van der Waals surface area contributed by atoms with Gasteiger partial charge in [-0.3, -0.25) is 4.90 Å². The Morgan fingerprint density at radius 3 is 2.14 bits per heavy atom. The van der Waals surface area contributed by atoms with Crippen LogP contribution in [0.2, 0.25) is 0 Å². The molecule has 1 unspecified atom stereocenters. The summed E-state index contributed by atoms with van der Waals surface area (Å²) in [4.78, 5) is 5.60. The van der Waals surface area contributed by atoms with E-state index in [4.69, 9.17) is 4.74 Å². The Morgan fingerprint density at radius 2 is 1.64 bits per heavy atom. The molecule has 0 aromatic carbocycles. The van der Waals surface area contributed by atoms with E-state index < -0.39 is 21.9 Å². The van der Waals surface area contributed by atoms with E-state index in [0.717, 1.165) is 12.1 Å². The summed E-state index contributed by atoms with van der Waals surface area (Å²) in [5, 5.41) is 0. The Labute approximate surface area is 163 Å². The fraction of sp³-hybridized carbons (Fsp3) is 0.722. The molecule has 1 aromatic rings. The van der Waals surface area contributed by atoms with Gasteiger partial charge in [-0.1, -0.05) is 13.8 Å². The molecule has 2 fully saturated rings. The maximum Gasteiger partial charge on any atom is 0.433 e. The van der Waals surface area contributed by atoms with Crippen molar-refractivity contribution in [1.82, 2.24) is 14.2 Å². The zero-order chi connectivity index (χ0) is 20.7. The first-order chi connectivity index (χ1) is 13.0. The number of hydrogen-bond donors (Lipinski definition) is 0. The maximum atomic E-state index is 12.9. The predicted octanol–water partition coefficient (Wildman–Crippen LogP) is 2.39. The van der Waals surface area contributed by atoms with Gasteiger partial charge in [-0.15, -0.1) is 0 Å². The molecule has 0 spiro atoms. The van der Waals surface area contributed by atoms with E-state index in [0.29, 0.717) is 57.3 Å². The first kappa shape index (κ1) is 21.5. The van der Waals surface area contributed by atoms with Gasteiger partial charge in [0.1, 0.15) is 10.6 Å². The number of aryl methyl sites for hydroxylation is 1. The summed E-state index contributed by atoms with van der Waals surface area (Å²) in [5.41, 5.74) is -1.22. The van der Waals surface area contributed by atoms with E-state index in [-0.39, 0.29) is 10.6 Å². The van der Waals surface area contributed by atoms with Gasteiger partial charge in [-0.25, -0.2) is 13.4 Å². The van der Waals surface area contributed by atoms with Gasteiger partial charge in [0.05, 0.1) is 18.9 Å². The van der Waals surface area contributed by atoms with Crippen molar-refractivity contribution < 1.29 is 26.3 Å². The second kappa shape index (κ2) is 7.89. The lowest BCUT2D eigenvalue weighted by molar-refractivity contribution is -0.141. The number of piperazine rings is 1. The number of nitrogens with zero attached hydrogens (tertiary/aromatic N) is 3. The van der Waals surface area contributed by atoms with Gasteiger partial charge in [-0.05, 0) is 30.9 Å². The molecule has 28 heavy (non-hydrogen) atoms. The van der Waals surface area contributed by atoms with E-state index >= 15 is 0 Å². The van der Waals surface area contributed by atoms with Crippen LogP contribution in [0.25, 0.3) is 0 Å². The van der Waals surface area contributed by atoms with Crippen LogP contribution in [0.15, 0.2) is 17.0 Å². The van der Waals surface area contributed by atoms with Crippen LogP contribution in [0.1, 0.15) is 25.2 Å². The van der Waals surface area contributed by atoms with Gasteiger partial charge in [0.25, 0.3) is 0 Å². The van der Waals surface area contributed by atoms with Crippen LogP contribution in [-0.2, 0) is 20.9 Å². The highest BCUT2D eigenvalue weighted by Crippen LogP contribution is 2.31. The first-order valence-electron chi connectivity index (χ1n) is 9.38. The van der Waals surface area contributed by atoms with Crippen molar-refractivity contribution in [1.29, 1.82) is 0 Å². The summed E-state index contributed by atoms with van der Waals surface area (Å²) < 4.78 is 71.2. The fourth-order valence-electron chi connectivity index (χ4n) is 4.28. The Bertz CT molecular complexity index is 798. The average molecular weight is 421 g/mol. The molecule has 10 heteroatoms. The van der Waals surface area contributed by atoms with Gasteiger partial charge >= 0.3 is 6.18 Å². The standard InChI is InChI=1S/C18H26F3N3O3S/c1-12-10-27-11-13(2)17(12)23-6-8-24(9-7-23)28(25,26)15-4-5-16(18(19,20)21)22-14(15)3/h4-5,12-13,17H,6-11H2,1-3H3/t12-,13+,17?. The first-order valence-corrected chi connectivity index (χ1v) is 10.8. The van der Waals surface area contributed by atoms with E-state index in [2.05, 4.69) is 23.7 Å². The number of halogens is 3. The van der Waals surface area contributed by atoms with Crippen LogP contribution in [0, 0.1) is 18.8 Å². The van der Waals surface area contributed by atoms with Crippen molar-refractivity contribution in [2.24, 2.45) is 11.8 Å². The zero-order valence-corrected chi connectivity index (χ0v) is 17.1. The van der Waals surface area contributed by atoms with Gasteiger partial charge in [0.2, 0.25) is 10.0 Å². The normalized spacial score (nSPS) is 28.4. The number of ether oxygens (including phenoxy) is 1. The van der Waals surface area contributed by atoms with Crippen molar-refractivity contribution in [3.8, 4) is 0 Å². The van der Waals surface area contributed by atoms with Gasteiger partial charge in [-0.2, -0.15) is 17.5 Å². The molecule has 0 radical (unpaired) electrons. The van der Waals surface area contributed by atoms with E-state index in [1.807, 2.05) is 0 Å². The lowest BCUT2D eigenvalue weighted by Crippen LogP contribution is -2.57. The predicted molar refractivity (Wildman–Crippen MR) is 97.2 cm³/mol. The SMILES string of the molecule is Cc1nc(C(F)(F)F)ccc1S(=O)(=O)N1CCN(C2[C@H](C)COC[C@@H]2C)CC1. The molecule has 6 nitrogen and oxygen atoms in total. The lowest BCUT2D eigenvalue weighted by atomic mass is 9.87. The second-order valence-electron chi connectivity index (χ2n) is 7.70. The maximum absolute atomic E-state index is 12.9. The zero-order valence-electron chi connectivity index (χ0n) is 16.2. The molecule has 0 amide bonds. The topological polar surface area (TPSA) is 62.7 Å². The van der Waals surface area contributed by atoms with Gasteiger partial charge in [0, 0.05) is 32.2 Å². The van der Waals surface area contributed by atoms with Crippen molar-refractivity contribution in [2.45, 2.75) is 37.9 Å². The molecule has 3 heterocycles. The number of aromatic nitrogens is 1. The molecule has 2 aliphatic heterocycles. The van der Waals surface area contributed by atoms with Crippen molar-refractivity contribution in [3.05, 3.63) is 23.5 Å². The van der Waals surface area contributed by atoms with Crippen LogP contribution in [0.5, 0.6) is 0 Å². The van der Waals surface area contributed by atoms with E-state index in [1.54, 1.807) is 0 Å². The third-order valence-corrected chi connectivity index (χ3v) is 7.60. The largest absolute Gasteiger partial charge is 0.433 e. The molecular weight excluding hydrogens is 395 g/mol. The Hall–Kier alpha value is -1.23. The molecule has 2 aliphatic rings. The third kappa shape index (κ3) is 4.19. The monoisotopic (exact) mass is 421 g/mol. The van der Waals surface area contributed by atoms with Crippen LogP contribution < -0.4 is 0 Å². The Balaban J connectivity index is 1.73. The number of sulfonamides is 1. The quantitative estimate of drug-likeness (QED) is 0.750. The van der Waals surface area contributed by atoms with Crippen LogP contribution in [-0.4, -0.2) is 68.0 Å². The van der Waals surface area contributed by atoms with Crippen LogP contribution in [0.4, 0.5) is 13.2 Å². The highest BCUT2D eigenvalue weighted by molar-refractivity contribution is 7.89. The molecule has 3 atom stereocenters. The van der Waals surface area contributed by atoms with Crippen molar-refractivity contribution >= 4 is 10.0 Å². The summed E-state index contributed by atoms with van der Waals surface area (Å²) in [5.74, 6) is 0.738. The van der Waals surface area contributed by atoms with Crippen LogP contribution >= 0.6 is 0 Å². The molecule has 0 bridgehead atoms. The molecule has 2 saturated heterocycles. The van der Waals surface area contributed by atoms with Crippen LogP contribution in [0.3, 0.4) is 0 Å². The average Bonchev–Trinajstić information content (AvgIpc) is 2.61. The molecule has 0 aliphatic carbocycles. The number of alkyl halides is 3. The summed E-state index contributed by atoms with van der Waals surface area (Å²) in [6, 6.07) is 2.07. The lowest BCUT2D eigenvalue weighted by Gasteiger charge is -2.45. The molecule has 3 rings (SSSR count). The number of rotatable bonds is 3. The minimum Gasteiger partial charge on any atom is -0.381 e. The van der Waals surface area contributed by atoms with E-state index in [1.165, 1.54) is 11.2 Å². The smallest absolute Gasteiger partial charge is 0.381 e. The minimum atomic E-state index is -4.60. The number of pyridine rings is 1. The Morgan fingerprint density at radius 1 is 1.07 bits per heavy atom. The second-order valence-corrected chi connectivity index (χ2v) is 9.61. The van der Waals surface area contributed by atoms with Crippen molar-refractivity contribution in [3.63, 3.8) is 0 Å². The third-order valence-electron chi connectivity index (χ3n) is 5.57. The Kier molecular flexibility index (Phi) is 6.05. The molecular formula is C18H26F3N3O3S. The minimum absolute atomic E-state index is 0.135. The summed E-state index contributed by atoms with van der Waals surface area (Å²) in [6.07, 6.45) is -4.60.